The summed E-state index contributed by atoms with van der Waals surface area (Å²) < 4.78 is 0. The maximum Gasteiger partial charge on any atom is 0.323 e. The Balaban J connectivity index is 2.53. The summed E-state index contributed by atoms with van der Waals surface area (Å²) in [5.41, 5.74) is 0. The summed E-state index contributed by atoms with van der Waals surface area (Å²) in [5.74, 6) is -1.04. The molecule has 0 aromatic carbocycles. The van der Waals surface area contributed by atoms with Gasteiger partial charge in [-0.15, -0.1) is 17.9 Å². The van der Waals surface area contributed by atoms with Gasteiger partial charge in [-0.3, -0.25) is 4.79 Å². The summed E-state index contributed by atoms with van der Waals surface area (Å²) in [6, 6.07) is 3.65. The van der Waals surface area contributed by atoms with Gasteiger partial charge < -0.3 is 15.3 Å². The van der Waals surface area contributed by atoms with Crippen LogP contribution in [0.5, 0.6) is 0 Å². The molecule has 0 aliphatic rings. The number of rotatable bonds is 7. The van der Waals surface area contributed by atoms with E-state index in [0.29, 0.717) is 0 Å². The topological polar surface area (TPSA) is 69.6 Å². The van der Waals surface area contributed by atoms with Crippen LogP contribution in [0.15, 0.2) is 24.8 Å². The minimum Gasteiger partial charge on any atom is -0.480 e. The number of nitrogens with one attached hydrogen (secondary N) is 1. The van der Waals surface area contributed by atoms with Crippen LogP contribution in [0.3, 0.4) is 0 Å². The van der Waals surface area contributed by atoms with Crippen LogP contribution in [0.4, 0.5) is 4.79 Å². The van der Waals surface area contributed by atoms with Crippen molar-refractivity contribution in [3.05, 3.63) is 34.5 Å². The number of carbonyl (C=O) groups excluding carboxylic acids is 1. The molecular formula is C14H20N2O3S. The second-order valence-electron chi connectivity index (χ2n) is 4.63. The lowest BCUT2D eigenvalue weighted by molar-refractivity contribution is -0.137. The molecule has 1 aromatic heterocycles. The van der Waals surface area contributed by atoms with Crippen molar-refractivity contribution in [1.82, 2.24) is 10.2 Å². The fraction of sp³-hybridized carbons (Fsp3) is 0.429. The molecule has 0 spiro atoms. The lowest BCUT2D eigenvalue weighted by Crippen LogP contribution is -2.46. The Morgan fingerprint density at radius 3 is 2.75 bits per heavy atom. The first-order valence-electron chi connectivity index (χ1n) is 6.35. The van der Waals surface area contributed by atoms with E-state index in [1.165, 1.54) is 20.7 Å². The van der Waals surface area contributed by atoms with E-state index in [0.717, 1.165) is 6.42 Å². The Hall–Kier alpha value is -1.82. The van der Waals surface area contributed by atoms with Crippen LogP contribution in [0, 0.1) is 6.92 Å². The number of hydrogen-bond acceptors (Lipinski definition) is 3. The molecule has 0 bridgehead atoms. The molecule has 1 rings (SSSR count). The van der Waals surface area contributed by atoms with Crippen molar-refractivity contribution < 1.29 is 14.7 Å². The van der Waals surface area contributed by atoms with Gasteiger partial charge in [0.15, 0.2) is 0 Å². The van der Waals surface area contributed by atoms with Crippen LogP contribution >= 0.6 is 11.3 Å². The molecule has 5 nitrogen and oxygen atoms in total. The van der Waals surface area contributed by atoms with Crippen molar-refractivity contribution in [2.45, 2.75) is 26.3 Å². The van der Waals surface area contributed by atoms with E-state index in [9.17, 15) is 9.59 Å². The number of carboxylic acid groups (broad SMARTS) is 1. The van der Waals surface area contributed by atoms with E-state index >= 15 is 0 Å². The largest absolute Gasteiger partial charge is 0.480 e. The standard InChI is InChI=1S/C14H20N2O3S/c1-4-7-16(9-13(17)18)14(19)15-10(2)8-12-6-5-11(3)20-12/h4-6,10H,1,7-9H2,2-3H3,(H,15,19)(H,17,18). The number of thiophene rings is 1. The smallest absolute Gasteiger partial charge is 0.323 e. The summed E-state index contributed by atoms with van der Waals surface area (Å²) in [5, 5.41) is 11.6. The normalized spacial score (nSPS) is 11.7. The van der Waals surface area contributed by atoms with Crippen LogP contribution in [-0.2, 0) is 11.2 Å². The third kappa shape index (κ3) is 5.44. The Kier molecular flexibility index (Phi) is 6.24. The highest BCUT2D eigenvalue weighted by Crippen LogP contribution is 2.16. The van der Waals surface area contributed by atoms with Crippen molar-refractivity contribution in [2.24, 2.45) is 0 Å². The summed E-state index contributed by atoms with van der Waals surface area (Å²) in [7, 11) is 0. The molecule has 0 aliphatic carbocycles. The van der Waals surface area contributed by atoms with Crippen LogP contribution in [0.1, 0.15) is 16.7 Å². The average Bonchev–Trinajstić information content (AvgIpc) is 2.73. The number of aliphatic carboxylic acids is 1. The second-order valence-corrected chi connectivity index (χ2v) is 6.00. The zero-order chi connectivity index (χ0) is 15.1. The molecule has 110 valence electrons. The third-order valence-electron chi connectivity index (χ3n) is 2.64. The molecule has 1 unspecified atom stereocenters. The highest BCUT2D eigenvalue weighted by molar-refractivity contribution is 7.11. The number of hydrogen-bond donors (Lipinski definition) is 2. The van der Waals surface area contributed by atoms with Crippen molar-refractivity contribution in [2.75, 3.05) is 13.1 Å². The van der Waals surface area contributed by atoms with Crippen molar-refractivity contribution in [1.29, 1.82) is 0 Å². The molecule has 6 heteroatoms. The molecule has 2 N–H and O–H groups in total. The number of amides is 2. The van der Waals surface area contributed by atoms with Crippen molar-refractivity contribution in [3.63, 3.8) is 0 Å². The van der Waals surface area contributed by atoms with Crippen LogP contribution < -0.4 is 5.32 Å². The van der Waals surface area contributed by atoms with Crippen molar-refractivity contribution in [3.8, 4) is 0 Å². The molecule has 1 heterocycles. The van der Waals surface area contributed by atoms with Crippen LogP contribution in [0.2, 0.25) is 0 Å². The summed E-state index contributed by atoms with van der Waals surface area (Å²) in [4.78, 5) is 26.3. The number of carbonyl (C=O) groups is 2. The van der Waals surface area contributed by atoms with E-state index in [4.69, 9.17) is 5.11 Å². The second kappa shape index (κ2) is 7.69. The first-order chi connectivity index (χ1) is 9.42. The highest BCUT2D eigenvalue weighted by Gasteiger charge is 2.17. The molecule has 2 amide bonds. The minimum absolute atomic E-state index is 0.0540. The number of urea groups is 1. The Morgan fingerprint density at radius 2 is 2.25 bits per heavy atom. The quantitative estimate of drug-likeness (QED) is 0.758. The molecule has 0 radical (unpaired) electrons. The molecule has 1 aromatic rings. The van der Waals surface area contributed by atoms with Crippen LogP contribution in [0.25, 0.3) is 0 Å². The predicted molar refractivity (Wildman–Crippen MR) is 80.2 cm³/mol. The van der Waals surface area contributed by atoms with Crippen LogP contribution in [-0.4, -0.2) is 41.1 Å². The SMILES string of the molecule is C=CCN(CC(=O)O)C(=O)NC(C)Cc1ccc(C)s1. The van der Waals surface area contributed by atoms with Gasteiger partial charge in [-0.05, 0) is 26.0 Å². The lowest BCUT2D eigenvalue weighted by Gasteiger charge is -2.22. The van der Waals surface area contributed by atoms with E-state index < -0.39 is 5.97 Å². The Labute approximate surface area is 122 Å². The van der Waals surface area contributed by atoms with Gasteiger partial charge in [0.25, 0.3) is 0 Å². The monoisotopic (exact) mass is 296 g/mol. The zero-order valence-corrected chi connectivity index (χ0v) is 12.6. The summed E-state index contributed by atoms with van der Waals surface area (Å²) in [6.45, 7) is 7.35. The zero-order valence-electron chi connectivity index (χ0n) is 11.8. The maximum absolute atomic E-state index is 12.0. The molecule has 0 saturated heterocycles. The third-order valence-corrected chi connectivity index (χ3v) is 3.66. The molecule has 0 fully saturated rings. The summed E-state index contributed by atoms with van der Waals surface area (Å²) >= 11 is 1.70. The number of nitrogens with zero attached hydrogens (tertiary/aromatic N) is 1. The van der Waals surface area contributed by atoms with Gasteiger partial charge in [0, 0.05) is 28.8 Å². The van der Waals surface area contributed by atoms with Gasteiger partial charge in [-0.25, -0.2) is 4.79 Å². The van der Waals surface area contributed by atoms with E-state index in [-0.39, 0.29) is 25.2 Å². The fourth-order valence-electron chi connectivity index (χ4n) is 1.79. The molecule has 0 saturated carbocycles. The van der Waals surface area contributed by atoms with Gasteiger partial charge in [0.2, 0.25) is 0 Å². The highest BCUT2D eigenvalue weighted by atomic mass is 32.1. The minimum atomic E-state index is -1.04. The Morgan fingerprint density at radius 1 is 1.55 bits per heavy atom. The predicted octanol–water partition coefficient (Wildman–Crippen LogP) is 2.27. The fourth-order valence-corrected chi connectivity index (χ4v) is 2.81. The van der Waals surface area contributed by atoms with Gasteiger partial charge in [-0.2, -0.15) is 0 Å². The van der Waals surface area contributed by atoms with Gasteiger partial charge in [0.1, 0.15) is 6.54 Å². The first kappa shape index (κ1) is 16.2. The average molecular weight is 296 g/mol. The molecule has 1 atom stereocenters. The van der Waals surface area contributed by atoms with Gasteiger partial charge in [-0.1, -0.05) is 6.08 Å². The Bertz CT molecular complexity index is 485. The lowest BCUT2D eigenvalue weighted by atomic mass is 10.2. The maximum atomic E-state index is 12.0. The van der Waals surface area contributed by atoms with E-state index in [1.807, 2.05) is 26.0 Å². The van der Waals surface area contributed by atoms with Gasteiger partial charge >= 0.3 is 12.0 Å². The van der Waals surface area contributed by atoms with Gasteiger partial charge in [0.05, 0.1) is 0 Å². The number of aryl methyl sites for hydroxylation is 1. The molecule has 20 heavy (non-hydrogen) atoms. The molecular weight excluding hydrogens is 276 g/mol. The molecule has 0 aliphatic heterocycles. The summed E-state index contributed by atoms with van der Waals surface area (Å²) in [6.07, 6.45) is 2.25. The first-order valence-corrected chi connectivity index (χ1v) is 7.17. The number of carboxylic acids is 1. The van der Waals surface area contributed by atoms with E-state index in [1.54, 1.807) is 11.3 Å². The van der Waals surface area contributed by atoms with E-state index in [2.05, 4.69) is 11.9 Å². The van der Waals surface area contributed by atoms with Crippen molar-refractivity contribution >= 4 is 23.3 Å².